The fraction of sp³-hybridized carbons (Fsp3) is 0. The molecule has 7 aromatic carbocycles. The molecule has 0 fully saturated rings. The van der Waals surface area contributed by atoms with Gasteiger partial charge in [0.2, 0.25) is 5.89 Å². The summed E-state index contributed by atoms with van der Waals surface area (Å²) in [5.74, 6) is 0.564. The molecule has 0 N–H and O–H groups in total. The molecule has 0 spiro atoms. The first-order chi connectivity index (χ1) is 24.2. The van der Waals surface area contributed by atoms with Crippen molar-refractivity contribution in [2.75, 3.05) is 4.90 Å². The number of hydrogen-bond donors (Lipinski definition) is 0. The molecule has 0 amide bonds. The molecular weight excluding hydrogens is 601 g/mol. The number of oxazole rings is 1. The molecule has 0 aliphatic heterocycles. The Bertz CT molecular complexity index is 2630. The predicted octanol–water partition coefficient (Wildman–Crippen LogP) is 12.6. The average molecular weight is 631 g/mol. The van der Waals surface area contributed by atoms with Crippen molar-refractivity contribution in [1.29, 1.82) is 0 Å². The topological polar surface area (TPSA) is 42.4 Å². The summed E-state index contributed by atoms with van der Waals surface area (Å²) in [4.78, 5) is 7.05. The highest BCUT2D eigenvalue weighted by molar-refractivity contribution is 6.21. The number of nitrogens with zero attached hydrogens (tertiary/aromatic N) is 2. The van der Waals surface area contributed by atoms with Crippen molar-refractivity contribution in [2.45, 2.75) is 0 Å². The highest BCUT2D eigenvalue weighted by atomic mass is 16.3. The summed E-state index contributed by atoms with van der Waals surface area (Å²) in [6.07, 6.45) is 4.11. The summed E-state index contributed by atoms with van der Waals surface area (Å²) in [6.45, 7) is 4.32. The van der Waals surface area contributed by atoms with Gasteiger partial charge >= 0.3 is 0 Å². The molecule has 4 nitrogen and oxygen atoms in total. The lowest BCUT2D eigenvalue weighted by Gasteiger charge is -2.29. The molecule has 0 aliphatic carbocycles. The standard InChI is InChI=1S/C45H30N2O2/c1-2-35(27-30-13-5-3-6-14-30)47(36-24-21-32(22-25-36)31-15-7-4-8-16-31)44-37-18-10-9-17-33(37)28-42-43(44)38-26-23-34(29-41(38)48-42)45-46-39-19-11-12-20-40(39)49-45/h2-29H,1H2/b35-27+. The van der Waals surface area contributed by atoms with Crippen LogP contribution in [-0.2, 0) is 0 Å². The molecule has 0 radical (unpaired) electrons. The molecule has 0 saturated carbocycles. The molecule has 0 atom stereocenters. The lowest BCUT2D eigenvalue weighted by Crippen LogP contribution is -2.16. The predicted molar refractivity (Wildman–Crippen MR) is 203 cm³/mol. The van der Waals surface area contributed by atoms with Gasteiger partial charge in [-0.05, 0) is 82.8 Å². The minimum atomic E-state index is 0.564. The Morgan fingerprint density at radius 3 is 2.06 bits per heavy atom. The summed E-state index contributed by atoms with van der Waals surface area (Å²) >= 11 is 0. The molecule has 9 rings (SSSR count). The molecule has 49 heavy (non-hydrogen) atoms. The van der Waals surface area contributed by atoms with E-state index in [1.165, 1.54) is 5.56 Å². The van der Waals surface area contributed by atoms with Gasteiger partial charge < -0.3 is 13.7 Å². The van der Waals surface area contributed by atoms with Crippen LogP contribution in [0.15, 0.2) is 185 Å². The van der Waals surface area contributed by atoms with Crippen LogP contribution in [0, 0.1) is 0 Å². The van der Waals surface area contributed by atoms with E-state index in [2.05, 4.69) is 133 Å². The van der Waals surface area contributed by atoms with Crippen LogP contribution < -0.4 is 4.90 Å². The Labute approximate surface area is 283 Å². The van der Waals surface area contributed by atoms with Crippen molar-refractivity contribution in [3.8, 4) is 22.6 Å². The molecule has 2 aromatic heterocycles. The summed E-state index contributed by atoms with van der Waals surface area (Å²) in [7, 11) is 0. The molecule has 2 heterocycles. The molecule has 232 valence electrons. The third kappa shape index (κ3) is 5.07. The smallest absolute Gasteiger partial charge is 0.227 e. The Kier molecular flexibility index (Phi) is 6.91. The van der Waals surface area contributed by atoms with E-state index in [0.29, 0.717) is 5.89 Å². The van der Waals surface area contributed by atoms with E-state index < -0.39 is 0 Å². The molecule has 0 saturated heterocycles. The molecular formula is C45H30N2O2. The number of hydrogen-bond acceptors (Lipinski definition) is 4. The second kappa shape index (κ2) is 11.9. The van der Waals surface area contributed by atoms with Crippen molar-refractivity contribution >= 4 is 61.3 Å². The summed E-state index contributed by atoms with van der Waals surface area (Å²) in [6, 6.07) is 54.2. The maximum Gasteiger partial charge on any atom is 0.227 e. The minimum Gasteiger partial charge on any atom is -0.456 e. The van der Waals surface area contributed by atoms with Gasteiger partial charge in [-0.15, -0.1) is 0 Å². The first kappa shape index (κ1) is 28.6. The molecule has 0 bridgehead atoms. The maximum absolute atomic E-state index is 6.69. The van der Waals surface area contributed by atoms with Crippen molar-refractivity contribution in [3.05, 3.63) is 182 Å². The van der Waals surface area contributed by atoms with Gasteiger partial charge in [0.05, 0.1) is 11.1 Å². The lowest BCUT2D eigenvalue weighted by molar-refractivity contribution is 0.619. The van der Waals surface area contributed by atoms with E-state index in [1.54, 1.807) is 0 Å². The Morgan fingerprint density at radius 1 is 0.571 bits per heavy atom. The van der Waals surface area contributed by atoms with Gasteiger partial charge in [-0.1, -0.05) is 116 Å². The van der Waals surface area contributed by atoms with Crippen molar-refractivity contribution in [1.82, 2.24) is 4.98 Å². The quantitative estimate of drug-likeness (QED) is 0.164. The Morgan fingerprint density at radius 2 is 1.27 bits per heavy atom. The lowest BCUT2D eigenvalue weighted by atomic mass is 9.99. The van der Waals surface area contributed by atoms with Crippen molar-refractivity contribution in [2.24, 2.45) is 0 Å². The summed E-state index contributed by atoms with van der Waals surface area (Å²) in [5.41, 5.74) is 10.4. The molecule has 0 unspecified atom stereocenters. The Balaban J connectivity index is 1.30. The van der Waals surface area contributed by atoms with Crippen LogP contribution >= 0.6 is 0 Å². The monoisotopic (exact) mass is 630 g/mol. The zero-order valence-electron chi connectivity index (χ0n) is 26.6. The third-order valence-electron chi connectivity index (χ3n) is 9.04. The normalized spacial score (nSPS) is 11.9. The van der Waals surface area contributed by atoms with Crippen LogP contribution in [0.4, 0.5) is 11.4 Å². The van der Waals surface area contributed by atoms with Crippen LogP contribution in [0.25, 0.3) is 72.5 Å². The number of rotatable bonds is 7. The number of fused-ring (bicyclic) bond motifs is 5. The second-order valence-electron chi connectivity index (χ2n) is 12.1. The number of para-hydroxylation sites is 2. The number of furan rings is 1. The largest absolute Gasteiger partial charge is 0.456 e. The molecule has 0 aliphatic rings. The first-order valence-electron chi connectivity index (χ1n) is 16.3. The van der Waals surface area contributed by atoms with Crippen LogP contribution in [0.2, 0.25) is 0 Å². The van der Waals surface area contributed by atoms with Gasteiger partial charge in [0, 0.05) is 27.7 Å². The van der Waals surface area contributed by atoms with E-state index in [0.717, 1.165) is 77.6 Å². The highest BCUT2D eigenvalue weighted by Gasteiger charge is 2.24. The maximum atomic E-state index is 6.69. The van der Waals surface area contributed by atoms with Crippen molar-refractivity contribution in [3.63, 3.8) is 0 Å². The SMILES string of the molecule is C=C/C(=C\c1ccccc1)N(c1ccc(-c2ccccc2)cc1)c1c2ccccc2cc2oc3cc(-c4nc5ccccc5o4)ccc3c12. The van der Waals surface area contributed by atoms with E-state index >= 15 is 0 Å². The van der Waals surface area contributed by atoms with Crippen LogP contribution in [0.5, 0.6) is 0 Å². The summed E-state index contributed by atoms with van der Waals surface area (Å²) in [5, 5.41) is 4.21. The number of aromatic nitrogens is 1. The van der Waals surface area contributed by atoms with Gasteiger partial charge in [-0.25, -0.2) is 4.98 Å². The fourth-order valence-electron chi connectivity index (χ4n) is 6.71. The second-order valence-corrected chi connectivity index (χ2v) is 12.1. The fourth-order valence-corrected chi connectivity index (χ4v) is 6.71. The van der Waals surface area contributed by atoms with E-state index in [1.807, 2.05) is 48.5 Å². The zero-order valence-corrected chi connectivity index (χ0v) is 26.6. The van der Waals surface area contributed by atoms with E-state index in [9.17, 15) is 0 Å². The average Bonchev–Trinajstić information content (AvgIpc) is 3.76. The van der Waals surface area contributed by atoms with E-state index in [-0.39, 0.29) is 0 Å². The zero-order chi connectivity index (χ0) is 32.7. The van der Waals surface area contributed by atoms with Crippen LogP contribution in [-0.4, -0.2) is 4.98 Å². The van der Waals surface area contributed by atoms with Gasteiger partial charge in [0.1, 0.15) is 16.7 Å². The highest BCUT2D eigenvalue weighted by Crippen LogP contribution is 2.46. The van der Waals surface area contributed by atoms with Gasteiger partial charge in [-0.3, -0.25) is 0 Å². The van der Waals surface area contributed by atoms with Crippen molar-refractivity contribution < 1.29 is 8.83 Å². The number of allylic oxidation sites excluding steroid dienone is 1. The van der Waals surface area contributed by atoms with Gasteiger partial charge in [0.15, 0.2) is 5.58 Å². The van der Waals surface area contributed by atoms with Gasteiger partial charge in [-0.2, -0.15) is 0 Å². The van der Waals surface area contributed by atoms with E-state index in [4.69, 9.17) is 13.8 Å². The van der Waals surface area contributed by atoms with Crippen LogP contribution in [0.1, 0.15) is 5.56 Å². The number of anilines is 2. The van der Waals surface area contributed by atoms with Crippen LogP contribution in [0.3, 0.4) is 0 Å². The van der Waals surface area contributed by atoms with Gasteiger partial charge in [0.25, 0.3) is 0 Å². The Hall–Kier alpha value is -6.65. The number of benzene rings is 7. The minimum absolute atomic E-state index is 0.564. The molecule has 9 aromatic rings. The summed E-state index contributed by atoms with van der Waals surface area (Å²) < 4.78 is 12.8. The first-order valence-corrected chi connectivity index (χ1v) is 16.3. The third-order valence-corrected chi connectivity index (χ3v) is 9.04. The molecule has 4 heteroatoms.